The van der Waals surface area contributed by atoms with E-state index in [4.69, 9.17) is 8.83 Å². The Morgan fingerprint density at radius 2 is 0.926 bits per heavy atom. The fourth-order valence-electron chi connectivity index (χ4n) is 12.0. The number of hydrogen-bond acceptors (Lipinski definition) is 3. The molecule has 0 N–H and O–H groups in total. The minimum Gasteiger partial charge on any atom is -0.456 e. The number of nitrogens with zero attached hydrogens (tertiary/aromatic N) is 1. The third-order valence-electron chi connectivity index (χ3n) is 14.8. The standard InChI is InChI=1S/C65H39NO2/c1-2-15-40(16-3-1)43-19-14-20-45(36-43)66(46-31-33-51-50-23-8-12-27-57(50)65(58(51)37-46)55-25-10-6-21-48(55)49-22-7-11-26-56(49)65)47-32-34-52-54-39-61-63(53-24-9-13-28-59(53)67-61)62(64(54)68-60(52)38-47)44-30-29-41-17-4-5-18-42(41)35-44/h1-39H. The van der Waals surface area contributed by atoms with Crippen LogP contribution in [-0.2, 0) is 5.41 Å². The summed E-state index contributed by atoms with van der Waals surface area (Å²) in [7, 11) is 0. The SMILES string of the molecule is c1ccc(-c2cccc(N(c3ccc4c(c3)C3(c5ccccc5-c5ccccc53)c3ccccc3-4)c3ccc4c(c3)oc3c(-c5ccc6ccccc6c5)c5c(cc34)oc3ccccc35)c2)cc1. The van der Waals surface area contributed by atoms with E-state index in [1.54, 1.807) is 0 Å². The molecule has 13 aromatic rings. The van der Waals surface area contributed by atoms with E-state index in [0.29, 0.717) is 0 Å². The van der Waals surface area contributed by atoms with E-state index >= 15 is 0 Å². The van der Waals surface area contributed by atoms with Gasteiger partial charge in [-0.25, -0.2) is 0 Å². The Hall–Kier alpha value is -8.92. The lowest BCUT2D eigenvalue weighted by Crippen LogP contribution is -2.26. The molecule has 0 bridgehead atoms. The molecule has 2 aromatic heterocycles. The molecule has 11 aromatic carbocycles. The van der Waals surface area contributed by atoms with Crippen LogP contribution < -0.4 is 4.90 Å². The van der Waals surface area contributed by atoms with Gasteiger partial charge in [0, 0.05) is 50.2 Å². The van der Waals surface area contributed by atoms with Gasteiger partial charge in [-0.05, 0) is 127 Å². The van der Waals surface area contributed by atoms with Gasteiger partial charge in [-0.1, -0.05) is 176 Å². The molecule has 3 heteroatoms. The summed E-state index contributed by atoms with van der Waals surface area (Å²) in [5.41, 5.74) is 20.9. The van der Waals surface area contributed by atoms with Gasteiger partial charge in [-0.2, -0.15) is 0 Å². The molecule has 68 heavy (non-hydrogen) atoms. The first-order chi connectivity index (χ1) is 33.7. The second-order valence-electron chi connectivity index (χ2n) is 18.3. The van der Waals surface area contributed by atoms with E-state index in [2.05, 4.69) is 235 Å². The molecule has 2 aliphatic rings. The molecule has 0 atom stereocenters. The summed E-state index contributed by atoms with van der Waals surface area (Å²) >= 11 is 0. The average molecular weight is 866 g/mol. The van der Waals surface area contributed by atoms with Gasteiger partial charge in [-0.15, -0.1) is 0 Å². The van der Waals surface area contributed by atoms with Crippen LogP contribution in [0.3, 0.4) is 0 Å². The highest BCUT2D eigenvalue weighted by molar-refractivity contribution is 6.24. The Kier molecular flexibility index (Phi) is 7.71. The molecule has 316 valence electrons. The number of benzene rings is 11. The fourth-order valence-corrected chi connectivity index (χ4v) is 12.0. The quantitative estimate of drug-likeness (QED) is 0.173. The summed E-state index contributed by atoms with van der Waals surface area (Å²) in [6, 6.07) is 86.2. The van der Waals surface area contributed by atoms with Crippen LogP contribution in [0.15, 0.2) is 245 Å². The minimum absolute atomic E-state index is 0.477. The zero-order chi connectivity index (χ0) is 44.5. The highest BCUT2D eigenvalue weighted by Gasteiger charge is 2.51. The van der Waals surface area contributed by atoms with Crippen LogP contribution in [0.4, 0.5) is 17.1 Å². The van der Waals surface area contributed by atoms with Crippen molar-refractivity contribution >= 4 is 71.7 Å². The van der Waals surface area contributed by atoms with Crippen molar-refractivity contribution in [3.8, 4) is 44.5 Å². The molecule has 0 fully saturated rings. The van der Waals surface area contributed by atoms with Gasteiger partial charge in [0.05, 0.1) is 5.41 Å². The maximum Gasteiger partial charge on any atom is 0.144 e. The molecule has 0 saturated carbocycles. The van der Waals surface area contributed by atoms with Crippen LogP contribution in [0.5, 0.6) is 0 Å². The Morgan fingerprint density at radius 3 is 1.71 bits per heavy atom. The summed E-state index contributed by atoms with van der Waals surface area (Å²) in [4.78, 5) is 2.41. The first kappa shape index (κ1) is 37.3. The van der Waals surface area contributed by atoms with Gasteiger partial charge in [0.25, 0.3) is 0 Å². The topological polar surface area (TPSA) is 29.5 Å². The van der Waals surface area contributed by atoms with Crippen LogP contribution in [0.25, 0.3) is 99.2 Å². The highest BCUT2D eigenvalue weighted by Crippen LogP contribution is 2.63. The first-order valence-electron chi connectivity index (χ1n) is 23.4. The van der Waals surface area contributed by atoms with Gasteiger partial charge in [0.1, 0.15) is 22.3 Å². The summed E-state index contributed by atoms with van der Waals surface area (Å²) in [5.74, 6) is 0. The predicted octanol–water partition coefficient (Wildman–Crippen LogP) is 17.8. The number of hydrogen-bond donors (Lipinski definition) is 0. The van der Waals surface area contributed by atoms with Crippen molar-refractivity contribution in [3.05, 3.63) is 259 Å². The maximum atomic E-state index is 7.23. The van der Waals surface area contributed by atoms with E-state index < -0.39 is 5.41 Å². The summed E-state index contributed by atoms with van der Waals surface area (Å²) in [5, 5.41) is 6.57. The van der Waals surface area contributed by atoms with Crippen LogP contribution in [0.1, 0.15) is 22.3 Å². The molecule has 15 rings (SSSR count). The summed E-state index contributed by atoms with van der Waals surface area (Å²) in [6.45, 7) is 0. The van der Waals surface area contributed by atoms with Crippen LogP contribution in [-0.4, -0.2) is 0 Å². The first-order valence-corrected chi connectivity index (χ1v) is 23.4. The van der Waals surface area contributed by atoms with Gasteiger partial charge < -0.3 is 13.7 Å². The smallest absolute Gasteiger partial charge is 0.144 e. The normalized spacial score (nSPS) is 13.1. The zero-order valence-corrected chi connectivity index (χ0v) is 36.8. The Morgan fingerprint density at radius 1 is 0.309 bits per heavy atom. The molecular weight excluding hydrogens is 827 g/mol. The number of anilines is 3. The van der Waals surface area contributed by atoms with Gasteiger partial charge >= 0.3 is 0 Å². The lowest BCUT2D eigenvalue weighted by molar-refractivity contribution is 0.664. The molecule has 0 amide bonds. The zero-order valence-electron chi connectivity index (χ0n) is 36.8. The average Bonchev–Trinajstić information content (AvgIpc) is 4.13. The van der Waals surface area contributed by atoms with E-state index in [-0.39, 0.29) is 0 Å². The van der Waals surface area contributed by atoms with Crippen LogP contribution in [0.2, 0.25) is 0 Å². The molecule has 0 saturated heterocycles. The molecule has 0 aliphatic heterocycles. The monoisotopic (exact) mass is 865 g/mol. The fraction of sp³-hybridized carbons (Fsp3) is 0.0154. The van der Waals surface area contributed by atoms with Crippen molar-refractivity contribution in [2.24, 2.45) is 0 Å². The van der Waals surface area contributed by atoms with Gasteiger partial charge in [0.15, 0.2) is 0 Å². The van der Waals surface area contributed by atoms with Crippen LogP contribution >= 0.6 is 0 Å². The second-order valence-corrected chi connectivity index (χ2v) is 18.3. The molecule has 2 heterocycles. The number of furan rings is 2. The molecule has 3 nitrogen and oxygen atoms in total. The van der Waals surface area contributed by atoms with Crippen molar-refractivity contribution < 1.29 is 8.83 Å². The third-order valence-corrected chi connectivity index (χ3v) is 14.8. The Balaban J connectivity index is 0.982. The van der Waals surface area contributed by atoms with Gasteiger partial charge in [0.2, 0.25) is 0 Å². The lowest BCUT2D eigenvalue weighted by Gasteiger charge is -2.32. The lowest BCUT2D eigenvalue weighted by atomic mass is 9.70. The molecule has 2 aliphatic carbocycles. The number of fused-ring (bicyclic) bond motifs is 17. The number of para-hydroxylation sites is 1. The van der Waals surface area contributed by atoms with E-state index in [1.807, 2.05) is 6.07 Å². The van der Waals surface area contributed by atoms with Crippen molar-refractivity contribution in [3.63, 3.8) is 0 Å². The van der Waals surface area contributed by atoms with Crippen molar-refractivity contribution in [2.45, 2.75) is 5.41 Å². The largest absolute Gasteiger partial charge is 0.456 e. The third kappa shape index (κ3) is 5.13. The van der Waals surface area contributed by atoms with Crippen molar-refractivity contribution in [1.82, 2.24) is 0 Å². The molecule has 0 radical (unpaired) electrons. The Labute approximate surface area is 392 Å². The van der Waals surface area contributed by atoms with Crippen molar-refractivity contribution in [2.75, 3.05) is 4.90 Å². The Bertz CT molecular complexity index is 4170. The maximum absolute atomic E-state index is 7.23. The van der Waals surface area contributed by atoms with Crippen molar-refractivity contribution in [1.29, 1.82) is 0 Å². The molecule has 1 spiro atoms. The highest BCUT2D eigenvalue weighted by atomic mass is 16.3. The van der Waals surface area contributed by atoms with E-state index in [1.165, 1.54) is 60.8 Å². The van der Waals surface area contributed by atoms with E-state index in [0.717, 1.165) is 77.6 Å². The predicted molar refractivity (Wildman–Crippen MR) is 280 cm³/mol. The molecule has 0 unspecified atom stereocenters. The summed E-state index contributed by atoms with van der Waals surface area (Å²) < 4.78 is 13.9. The minimum atomic E-state index is -0.477. The van der Waals surface area contributed by atoms with Gasteiger partial charge in [-0.3, -0.25) is 0 Å². The second kappa shape index (κ2) is 14.0. The van der Waals surface area contributed by atoms with E-state index in [9.17, 15) is 0 Å². The van der Waals surface area contributed by atoms with Crippen LogP contribution in [0, 0.1) is 0 Å². The number of rotatable bonds is 5. The molecular formula is C65H39NO2. The summed E-state index contributed by atoms with van der Waals surface area (Å²) in [6.07, 6.45) is 0.